The van der Waals surface area contributed by atoms with Gasteiger partial charge in [0.2, 0.25) is 21.8 Å². The van der Waals surface area contributed by atoms with Crippen LogP contribution in [0.5, 0.6) is 0 Å². The third kappa shape index (κ3) is 6.56. The highest BCUT2D eigenvalue weighted by atomic mass is 32.2. The first-order valence-electron chi connectivity index (χ1n) is 12.8. The van der Waals surface area contributed by atoms with Crippen LogP contribution in [-0.2, 0) is 26.2 Å². The molecule has 37 heavy (non-hydrogen) atoms. The highest BCUT2D eigenvalue weighted by Crippen LogP contribution is 2.22. The van der Waals surface area contributed by atoms with Crippen molar-refractivity contribution >= 4 is 32.6 Å². The molecule has 3 aromatic carbocycles. The summed E-state index contributed by atoms with van der Waals surface area (Å²) in [6.07, 6.45) is 5.24. The summed E-state index contributed by atoms with van der Waals surface area (Å²) >= 11 is 0. The van der Waals surface area contributed by atoms with Gasteiger partial charge in [0, 0.05) is 19.6 Å². The molecule has 1 N–H and O–H groups in total. The quantitative estimate of drug-likeness (QED) is 0.454. The molecule has 1 aliphatic rings. The highest BCUT2D eigenvalue weighted by molar-refractivity contribution is 7.89. The zero-order valence-corrected chi connectivity index (χ0v) is 22.3. The first kappa shape index (κ1) is 26.8. The van der Waals surface area contributed by atoms with E-state index in [-0.39, 0.29) is 29.9 Å². The van der Waals surface area contributed by atoms with E-state index < -0.39 is 22.0 Å². The summed E-state index contributed by atoms with van der Waals surface area (Å²) in [5, 5.41) is 4.85. The molecule has 7 nitrogen and oxygen atoms in total. The maximum Gasteiger partial charge on any atom is 0.243 e. The molecule has 0 saturated heterocycles. The number of rotatable bonds is 9. The van der Waals surface area contributed by atoms with Crippen LogP contribution < -0.4 is 5.32 Å². The average molecular weight is 522 g/mol. The number of hydrogen-bond acceptors (Lipinski definition) is 4. The van der Waals surface area contributed by atoms with Gasteiger partial charge in [-0.2, -0.15) is 4.31 Å². The molecular weight excluding hydrogens is 486 g/mol. The number of carbonyl (C=O) groups excluding carboxylic acids is 2. The molecule has 8 heteroatoms. The second-order valence-corrected chi connectivity index (χ2v) is 11.8. The monoisotopic (exact) mass is 521 g/mol. The van der Waals surface area contributed by atoms with E-state index in [0.29, 0.717) is 0 Å². The van der Waals surface area contributed by atoms with Crippen molar-refractivity contribution in [3.8, 4) is 0 Å². The van der Waals surface area contributed by atoms with E-state index >= 15 is 0 Å². The zero-order chi connectivity index (χ0) is 26.4. The van der Waals surface area contributed by atoms with Crippen LogP contribution in [0.3, 0.4) is 0 Å². The fourth-order valence-electron chi connectivity index (χ4n) is 4.81. The van der Waals surface area contributed by atoms with Crippen LogP contribution in [0.1, 0.15) is 44.6 Å². The van der Waals surface area contributed by atoms with Gasteiger partial charge in [-0.3, -0.25) is 9.59 Å². The van der Waals surface area contributed by atoms with Gasteiger partial charge in [0.05, 0.1) is 11.4 Å². The second kappa shape index (κ2) is 11.9. The largest absolute Gasteiger partial charge is 0.352 e. The SMILES string of the molecule is CC(C(=O)NC1CCCCC1)N(Cc1ccccc1)C(=O)CN(C)S(=O)(=O)c1ccc2ccccc2c1. The number of benzene rings is 3. The molecule has 1 fully saturated rings. The van der Waals surface area contributed by atoms with Gasteiger partial charge in [-0.25, -0.2) is 8.42 Å². The maximum atomic E-state index is 13.5. The van der Waals surface area contributed by atoms with Crippen molar-refractivity contribution in [2.24, 2.45) is 0 Å². The standard InChI is InChI=1S/C29H35N3O4S/c1-22(29(34)30-26-15-7-4-8-16-26)32(20-23-11-5-3-6-12-23)28(33)21-31(2)37(35,36)27-18-17-24-13-9-10-14-25(24)19-27/h3,5-6,9-14,17-19,22,26H,4,7-8,15-16,20-21H2,1-2H3,(H,30,34). The van der Waals surface area contributed by atoms with Crippen LogP contribution in [0.4, 0.5) is 0 Å². The summed E-state index contributed by atoms with van der Waals surface area (Å²) in [6, 6.07) is 21.3. The Morgan fingerprint density at radius 1 is 0.919 bits per heavy atom. The number of carbonyl (C=O) groups is 2. The van der Waals surface area contributed by atoms with Gasteiger partial charge in [-0.15, -0.1) is 0 Å². The number of nitrogens with zero attached hydrogens (tertiary/aromatic N) is 2. The molecule has 1 atom stereocenters. The van der Waals surface area contributed by atoms with Crippen molar-refractivity contribution in [1.29, 1.82) is 0 Å². The summed E-state index contributed by atoms with van der Waals surface area (Å²) in [5.41, 5.74) is 0.869. The van der Waals surface area contributed by atoms with Gasteiger partial charge in [0.25, 0.3) is 0 Å². The van der Waals surface area contributed by atoms with E-state index in [2.05, 4.69) is 5.32 Å². The molecule has 4 rings (SSSR count). The molecule has 3 aromatic rings. The van der Waals surface area contributed by atoms with E-state index in [1.165, 1.54) is 18.4 Å². The van der Waals surface area contributed by atoms with E-state index in [0.717, 1.165) is 46.3 Å². The highest BCUT2D eigenvalue weighted by Gasteiger charge is 2.31. The van der Waals surface area contributed by atoms with E-state index in [1.54, 1.807) is 25.1 Å². The van der Waals surface area contributed by atoms with Gasteiger partial charge in [0.15, 0.2) is 0 Å². The first-order chi connectivity index (χ1) is 17.8. The lowest BCUT2D eigenvalue weighted by Crippen LogP contribution is -2.52. The third-order valence-electron chi connectivity index (χ3n) is 7.10. The number of likely N-dealkylation sites (N-methyl/N-ethyl adjacent to an activating group) is 1. The Morgan fingerprint density at radius 3 is 2.27 bits per heavy atom. The Morgan fingerprint density at radius 2 is 1.57 bits per heavy atom. The molecule has 2 amide bonds. The van der Waals surface area contributed by atoms with Crippen molar-refractivity contribution in [3.63, 3.8) is 0 Å². The van der Waals surface area contributed by atoms with Gasteiger partial charge >= 0.3 is 0 Å². The molecule has 0 aromatic heterocycles. The Hall–Kier alpha value is -3.23. The molecule has 1 aliphatic carbocycles. The van der Waals surface area contributed by atoms with Gasteiger partial charge in [-0.1, -0.05) is 79.9 Å². The minimum Gasteiger partial charge on any atom is -0.352 e. The van der Waals surface area contributed by atoms with Crippen LogP contribution in [0, 0.1) is 0 Å². The Kier molecular flexibility index (Phi) is 8.61. The lowest BCUT2D eigenvalue weighted by Gasteiger charge is -2.32. The van der Waals surface area contributed by atoms with Crippen molar-refractivity contribution in [2.75, 3.05) is 13.6 Å². The molecule has 0 aliphatic heterocycles. The predicted molar refractivity (Wildman–Crippen MR) is 145 cm³/mol. The van der Waals surface area contributed by atoms with Crippen LogP contribution in [-0.4, -0.2) is 55.1 Å². The number of sulfonamides is 1. The predicted octanol–water partition coefficient (Wildman–Crippen LogP) is 4.33. The van der Waals surface area contributed by atoms with Crippen LogP contribution in [0.15, 0.2) is 77.7 Å². The summed E-state index contributed by atoms with van der Waals surface area (Å²) in [6.45, 7) is 1.54. The summed E-state index contributed by atoms with van der Waals surface area (Å²) in [4.78, 5) is 28.3. The van der Waals surface area contributed by atoms with E-state index in [1.807, 2.05) is 54.6 Å². The van der Waals surface area contributed by atoms with E-state index in [9.17, 15) is 18.0 Å². The molecular formula is C29H35N3O4S. The summed E-state index contributed by atoms with van der Waals surface area (Å²) < 4.78 is 27.7. The second-order valence-electron chi connectivity index (χ2n) is 9.80. The molecule has 1 saturated carbocycles. The van der Waals surface area contributed by atoms with Gasteiger partial charge in [0.1, 0.15) is 6.04 Å². The van der Waals surface area contributed by atoms with Gasteiger partial charge < -0.3 is 10.2 Å². The zero-order valence-electron chi connectivity index (χ0n) is 21.5. The van der Waals surface area contributed by atoms with Crippen molar-refractivity contribution in [1.82, 2.24) is 14.5 Å². The lowest BCUT2D eigenvalue weighted by molar-refractivity contribution is -0.141. The van der Waals surface area contributed by atoms with Gasteiger partial charge in [-0.05, 0) is 48.2 Å². The Balaban J connectivity index is 1.52. The molecule has 0 heterocycles. The minimum atomic E-state index is -3.92. The maximum absolute atomic E-state index is 13.5. The first-order valence-corrected chi connectivity index (χ1v) is 14.3. The average Bonchev–Trinajstić information content (AvgIpc) is 2.92. The minimum absolute atomic E-state index is 0.119. The van der Waals surface area contributed by atoms with Crippen molar-refractivity contribution in [2.45, 2.75) is 62.6 Å². The number of fused-ring (bicyclic) bond motifs is 1. The summed E-state index contributed by atoms with van der Waals surface area (Å²) in [5.74, 6) is -0.641. The topological polar surface area (TPSA) is 86.8 Å². The van der Waals surface area contributed by atoms with Crippen LogP contribution >= 0.6 is 0 Å². The molecule has 0 spiro atoms. The van der Waals surface area contributed by atoms with Crippen LogP contribution in [0.25, 0.3) is 10.8 Å². The Labute approximate surface area is 219 Å². The number of amides is 2. The number of nitrogens with one attached hydrogen (secondary N) is 1. The van der Waals surface area contributed by atoms with Crippen molar-refractivity contribution < 1.29 is 18.0 Å². The molecule has 196 valence electrons. The Bertz CT molecular complexity index is 1340. The van der Waals surface area contributed by atoms with E-state index in [4.69, 9.17) is 0 Å². The van der Waals surface area contributed by atoms with Crippen molar-refractivity contribution in [3.05, 3.63) is 78.4 Å². The third-order valence-corrected chi connectivity index (χ3v) is 8.90. The normalized spacial score (nSPS) is 15.4. The molecule has 0 radical (unpaired) electrons. The lowest BCUT2D eigenvalue weighted by atomic mass is 9.95. The molecule has 1 unspecified atom stereocenters. The molecule has 0 bridgehead atoms. The fraction of sp³-hybridized carbons (Fsp3) is 0.379. The van der Waals surface area contributed by atoms with Crippen LogP contribution in [0.2, 0.25) is 0 Å². The summed E-state index contributed by atoms with van der Waals surface area (Å²) in [7, 11) is -2.52. The number of hydrogen-bond donors (Lipinski definition) is 1. The fourth-order valence-corrected chi connectivity index (χ4v) is 5.96. The smallest absolute Gasteiger partial charge is 0.243 e.